The number of carbonyl (C=O) groups is 4. The van der Waals surface area contributed by atoms with E-state index >= 15 is 0 Å². The van der Waals surface area contributed by atoms with Gasteiger partial charge in [0.1, 0.15) is 29.3 Å². The zero-order chi connectivity index (χ0) is 43.2. The molecule has 3 atom stereocenters. The fourth-order valence-electron chi connectivity index (χ4n) is 8.98. The minimum absolute atomic E-state index is 0.111. The Hall–Kier alpha value is -6.44. The smallest absolute Gasteiger partial charge is 0.407 e. The van der Waals surface area contributed by atoms with Crippen LogP contribution in [0.1, 0.15) is 77.5 Å². The van der Waals surface area contributed by atoms with Crippen LogP contribution in [0.3, 0.4) is 0 Å². The van der Waals surface area contributed by atoms with Crippen molar-refractivity contribution >= 4 is 56.8 Å². The van der Waals surface area contributed by atoms with Gasteiger partial charge >= 0.3 is 12.2 Å². The molecule has 1 saturated heterocycles. The first kappa shape index (κ1) is 41.3. The molecule has 2 aliphatic rings. The highest BCUT2D eigenvalue weighted by atomic mass is 16.5. The lowest BCUT2D eigenvalue weighted by Crippen LogP contribution is -2.59. The number of alkyl carbamates (subject to hydrolysis) is 2. The number of methoxy groups -OCH3 is 2. The standard InChI is InChI=1S/C47H54N8O6/c1-26(2)38(52-45(58)60-6)42(56)54(5)47(21-9-22-47)44-49-34-19-16-31(25-36(34)50-44)29-13-11-28(12-14-29)30-15-18-33-32(24-30)17-20-35-40(33)51-41(48-35)37-10-8-23-55(37)43(57)39(27(3)4)53-46(59)61-7/h11-20,24-27,37-39H,8-10,21-23H2,1-7H3,(H,48,51)(H,49,50)(H,52,58)(H,53,59)/t37-,38-,39-/m0/s1. The molecule has 4 N–H and O–H groups in total. The van der Waals surface area contributed by atoms with E-state index in [1.807, 2.05) is 44.7 Å². The van der Waals surface area contributed by atoms with Crippen LogP contribution in [0.2, 0.25) is 0 Å². The molecule has 1 aliphatic carbocycles. The van der Waals surface area contributed by atoms with Crippen molar-refractivity contribution in [3.63, 3.8) is 0 Å². The van der Waals surface area contributed by atoms with Crippen molar-refractivity contribution in [3.8, 4) is 22.3 Å². The normalized spacial score (nSPS) is 17.1. The van der Waals surface area contributed by atoms with Crippen LogP contribution >= 0.6 is 0 Å². The molecule has 3 heterocycles. The molecular formula is C47H54N8O6. The summed E-state index contributed by atoms with van der Waals surface area (Å²) in [6.45, 7) is 8.22. The zero-order valence-electron chi connectivity index (χ0n) is 35.8. The van der Waals surface area contributed by atoms with E-state index < -0.39 is 29.8 Å². The third-order valence-corrected chi connectivity index (χ3v) is 12.7. The summed E-state index contributed by atoms with van der Waals surface area (Å²) in [4.78, 5) is 72.3. The number of hydrogen-bond donors (Lipinski definition) is 4. The number of aromatic amines is 2. The molecule has 4 amide bonds. The van der Waals surface area contributed by atoms with Gasteiger partial charge in [0.25, 0.3) is 0 Å². The van der Waals surface area contributed by atoms with Crippen LogP contribution in [0.25, 0.3) is 55.1 Å². The molecule has 2 aromatic heterocycles. The van der Waals surface area contributed by atoms with Gasteiger partial charge in [-0.25, -0.2) is 19.6 Å². The lowest BCUT2D eigenvalue weighted by Gasteiger charge is -2.48. The van der Waals surface area contributed by atoms with Gasteiger partial charge in [0.2, 0.25) is 11.8 Å². The predicted octanol–water partition coefficient (Wildman–Crippen LogP) is 8.19. The number of benzene rings is 4. The molecule has 6 aromatic rings. The van der Waals surface area contributed by atoms with E-state index in [-0.39, 0.29) is 29.7 Å². The fourth-order valence-corrected chi connectivity index (χ4v) is 8.98. The Morgan fingerprint density at radius 3 is 2.00 bits per heavy atom. The number of imidazole rings is 2. The predicted molar refractivity (Wildman–Crippen MR) is 234 cm³/mol. The van der Waals surface area contributed by atoms with Crippen LogP contribution < -0.4 is 10.6 Å². The maximum Gasteiger partial charge on any atom is 0.407 e. The van der Waals surface area contributed by atoms with Gasteiger partial charge < -0.3 is 39.9 Å². The van der Waals surface area contributed by atoms with Gasteiger partial charge in [-0.1, -0.05) is 76.2 Å². The molecule has 61 heavy (non-hydrogen) atoms. The second kappa shape index (κ2) is 16.5. The van der Waals surface area contributed by atoms with E-state index in [0.29, 0.717) is 6.54 Å². The number of nitrogens with zero attached hydrogens (tertiary/aromatic N) is 4. The summed E-state index contributed by atoms with van der Waals surface area (Å²) in [6, 6.07) is 23.6. The monoisotopic (exact) mass is 826 g/mol. The minimum Gasteiger partial charge on any atom is -0.453 e. The van der Waals surface area contributed by atoms with Gasteiger partial charge in [-0.05, 0) is 95.8 Å². The number of carbonyl (C=O) groups excluding carboxylic acids is 4. The summed E-state index contributed by atoms with van der Waals surface area (Å²) < 4.78 is 9.59. The summed E-state index contributed by atoms with van der Waals surface area (Å²) in [5.74, 6) is 0.941. The number of rotatable bonds is 11. The van der Waals surface area contributed by atoms with Crippen molar-refractivity contribution in [2.45, 2.75) is 83.5 Å². The van der Waals surface area contributed by atoms with E-state index in [9.17, 15) is 19.2 Å². The lowest BCUT2D eigenvalue weighted by atomic mass is 9.74. The van der Waals surface area contributed by atoms with Crippen molar-refractivity contribution < 1.29 is 28.7 Å². The van der Waals surface area contributed by atoms with Crippen LogP contribution in [0.15, 0.2) is 72.8 Å². The molecular weight excluding hydrogens is 773 g/mol. The molecule has 318 valence electrons. The van der Waals surface area contributed by atoms with E-state index in [4.69, 9.17) is 19.4 Å². The number of nitrogens with one attached hydrogen (secondary N) is 4. The Morgan fingerprint density at radius 2 is 1.38 bits per heavy atom. The summed E-state index contributed by atoms with van der Waals surface area (Å²) in [5, 5.41) is 7.52. The molecule has 0 bridgehead atoms. The maximum absolute atomic E-state index is 13.8. The largest absolute Gasteiger partial charge is 0.453 e. The van der Waals surface area contributed by atoms with Crippen molar-refractivity contribution in [2.24, 2.45) is 11.8 Å². The first-order valence-corrected chi connectivity index (χ1v) is 21.1. The highest BCUT2D eigenvalue weighted by Gasteiger charge is 2.49. The molecule has 1 saturated carbocycles. The van der Waals surface area contributed by atoms with Gasteiger partial charge in [0, 0.05) is 19.0 Å². The van der Waals surface area contributed by atoms with Crippen molar-refractivity contribution in [3.05, 3.63) is 84.4 Å². The molecule has 14 heteroatoms. The Morgan fingerprint density at radius 1 is 0.754 bits per heavy atom. The van der Waals surface area contributed by atoms with Gasteiger partial charge in [0.05, 0.1) is 42.3 Å². The highest BCUT2D eigenvalue weighted by Crippen LogP contribution is 2.46. The summed E-state index contributed by atoms with van der Waals surface area (Å²) in [6.07, 6.45) is 2.88. The first-order chi connectivity index (χ1) is 29.3. The quantitative estimate of drug-likeness (QED) is 0.101. The van der Waals surface area contributed by atoms with Crippen LogP contribution in [0.4, 0.5) is 9.59 Å². The van der Waals surface area contributed by atoms with Crippen LogP contribution in [-0.2, 0) is 24.6 Å². The van der Waals surface area contributed by atoms with Crippen LogP contribution in [0.5, 0.6) is 0 Å². The number of likely N-dealkylation sites (N-methyl/N-ethyl adjacent to an activating group) is 1. The molecule has 0 radical (unpaired) electrons. The van der Waals surface area contributed by atoms with Gasteiger partial charge in [0.15, 0.2) is 0 Å². The van der Waals surface area contributed by atoms with Gasteiger partial charge in [-0.2, -0.15) is 0 Å². The SMILES string of the molecule is COC(=O)N[C@H](C(=O)N1CCC[C@H]1c1nc2c(ccc3cc(-c4ccc(-c5ccc6nc(C7(N(C)C(=O)[C@@H](NC(=O)OC)C(C)C)CCC7)[nH]c6c5)cc4)ccc32)[nH]1)C(C)C. The van der Waals surface area contributed by atoms with Crippen LogP contribution in [-0.4, -0.2) is 93.6 Å². The second-order valence-corrected chi connectivity index (χ2v) is 17.1. The van der Waals surface area contributed by atoms with Gasteiger partial charge in [-0.15, -0.1) is 0 Å². The highest BCUT2D eigenvalue weighted by molar-refractivity contribution is 6.05. The number of ether oxygens (including phenoxy) is 2. The summed E-state index contributed by atoms with van der Waals surface area (Å²) >= 11 is 0. The average Bonchev–Trinajstić information content (AvgIpc) is 4.02. The average molecular weight is 827 g/mol. The first-order valence-electron chi connectivity index (χ1n) is 21.1. The van der Waals surface area contributed by atoms with E-state index in [1.165, 1.54) is 14.2 Å². The summed E-state index contributed by atoms with van der Waals surface area (Å²) in [7, 11) is 4.39. The molecule has 14 nitrogen and oxygen atoms in total. The number of fused-ring (bicyclic) bond motifs is 4. The molecule has 0 spiro atoms. The molecule has 0 unspecified atom stereocenters. The maximum atomic E-state index is 13.8. The van der Waals surface area contributed by atoms with Crippen LogP contribution in [0, 0.1) is 11.8 Å². The van der Waals surface area contributed by atoms with Crippen molar-refractivity contribution in [2.75, 3.05) is 27.8 Å². The lowest BCUT2D eigenvalue weighted by molar-refractivity contribution is -0.143. The number of amides is 4. The minimum atomic E-state index is -0.722. The molecule has 4 aromatic carbocycles. The number of aromatic nitrogens is 4. The summed E-state index contributed by atoms with van der Waals surface area (Å²) in [5.41, 5.74) is 7.16. The Bertz CT molecular complexity index is 2630. The molecule has 2 fully saturated rings. The fraction of sp³-hybridized carbons (Fsp3) is 0.404. The number of hydrogen-bond acceptors (Lipinski definition) is 8. The Balaban J connectivity index is 1.00. The number of H-pyrrole nitrogens is 2. The Kier molecular flexibility index (Phi) is 11.2. The van der Waals surface area contributed by atoms with Crippen molar-refractivity contribution in [1.82, 2.24) is 40.4 Å². The second-order valence-electron chi connectivity index (χ2n) is 17.1. The van der Waals surface area contributed by atoms with E-state index in [2.05, 4.69) is 81.3 Å². The third kappa shape index (κ3) is 7.64. The molecule has 1 aliphatic heterocycles. The zero-order valence-corrected chi connectivity index (χ0v) is 35.8. The van der Waals surface area contributed by atoms with Crippen molar-refractivity contribution in [1.29, 1.82) is 0 Å². The molecule has 8 rings (SSSR count). The topological polar surface area (TPSA) is 175 Å². The van der Waals surface area contributed by atoms with Gasteiger partial charge in [-0.3, -0.25) is 9.59 Å². The number of likely N-dealkylation sites (tertiary alicyclic amines) is 1. The van der Waals surface area contributed by atoms with E-state index in [1.54, 1.807) is 11.9 Å². The van der Waals surface area contributed by atoms with E-state index in [0.717, 1.165) is 98.8 Å². The Labute approximate surface area is 354 Å². The third-order valence-electron chi connectivity index (χ3n) is 12.7.